The Balaban J connectivity index is 3.76. The minimum absolute atomic E-state index is 0.108. The lowest BCUT2D eigenvalue weighted by Gasteiger charge is -2.22. The topological polar surface area (TPSA) is 82.2 Å². The number of nitriles is 1. The Morgan fingerprint density at radius 2 is 2.38 bits per heavy atom. The summed E-state index contributed by atoms with van der Waals surface area (Å²) < 4.78 is 0. The van der Waals surface area contributed by atoms with Crippen molar-refractivity contribution >= 4 is 5.91 Å². The minimum Gasteiger partial charge on any atom is -0.302 e. The molecule has 5 heteroatoms. The van der Waals surface area contributed by atoms with Crippen molar-refractivity contribution in [3.63, 3.8) is 0 Å². The third kappa shape index (κ3) is 5.17. The average Bonchev–Trinajstić information content (AvgIpc) is 2.13. The van der Waals surface area contributed by atoms with Gasteiger partial charge in [-0.1, -0.05) is 0 Å². The molecule has 1 amide bonds. The van der Waals surface area contributed by atoms with Crippen molar-refractivity contribution in [1.82, 2.24) is 10.3 Å². The van der Waals surface area contributed by atoms with E-state index in [0.29, 0.717) is 19.4 Å². The van der Waals surface area contributed by atoms with Gasteiger partial charge in [-0.05, 0) is 14.0 Å². The lowest BCUT2D eigenvalue weighted by Crippen LogP contribution is -2.38. The molecule has 0 heterocycles. The number of carbonyl (C=O) groups is 1. The van der Waals surface area contributed by atoms with Gasteiger partial charge in [0.1, 0.15) is 0 Å². The van der Waals surface area contributed by atoms with Crippen LogP contribution in [0.5, 0.6) is 0 Å². The number of hydrazine groups is 1. The maximum absolute atomic E-state index is 10.9. The Bertz CT molecular complexity index is 199. The molecule has 0 aliphatic rings. The lowest BCUT2D eigenvalue weighted by atomic mass is 10.2. The molecule has 0 rings (SSSR count). The summed E-state index contributed by atoms with van der Waals surface area (Å²) in [6, 6.07) is 2.16. The van der Waals surface area contributed by atoms with Crippen LogP contribution in [0.2, 0.25) is 0 Å². The first-order chi connectivity index (χ1) is 6.11. The van der Waals surface area contributed by atoms with Gasteiger partial charge in [-0.2, -0.15) is 5.26 Å². The molecule has 3 N–H and O–H groups in total. The van der Waals surface area contributed by atoms with Crippen LogP contribution in [0.25, 0.3) is 0 Å². The molecule has 5 nitrogen and oxygen atoms in total. The lowest BCUT2D eigenvalue weighted by molar-refractivity contribution is -0.122. The standard InChI is InChI=1S/C8H16N4O/c1-7(6-8(13)11-10)12(2)5-3-4-9/h7H,3,5-6,10H2,1-2H3,(H,11,13). The van der Waals surface area contributed by atoms with E-state index < -0.39 is 0 Å². The monoisotopic (exact) mass is 184 g/mol. The zero-order valence-corrected chi connectivity index (χ0v) is 8.08. The molecule has 0 fully saturated rings. The number of hydrogen-bond acceptors (Lipinski definition) is 4. The van der Waals surface area contributed by atoms with Crippen LogP contribution in [0.3, 0.4) is 0 Å². The maximum atomic E-state index is 10.9. The van der Waals surface area contributed by atoms with Crippen molar-refractivity contribution in [3.05, 3.63) is 0 Å². The first-order valence-corrected chi connectivity index (χ1v) is 4.18. The minimum atomic E-state index is -0.184. The molecule has 0 aliphatic carbocycles. The normalized spacial score (nSPS) is 12.2. The molecule has 0 aromatic carbocycles. The quantitative estimate of drug-likeness (QED) is 0.346. The number of carbonyl (C=O) groups excluding carboxylic acids is 1. The van der Waals surface area contributed by atoms with Gasteiger partial charge in [-0.3, -0.25) is 10.2 Å². The van der Waals surface area contributed by atoms with Crippen molar-refractivity contribution in [2.45, 2.75) is 25.8 Å². The summed E-state index contributed by atoms with van der Waals surface area (Å²) in [5.74, 6) is 4.77. The first kappa shape index (κ1) is 11.9. The summed E-state index contributed by atoms with van der Waals surface area (Å²) in [5.41, 5.74) is 2.08. The van der Waals surface area contributed by atoms with Crippen LogP contribution >= 0.6 is 0 Å². The number of rotatable bonds is 5. The van der Waals surface area contributed by atoms with Crippen molar-refractivity contribution < 1.29 is 4.79 Å². The molecule has 0 aliphatic heterocycles. The van der Waals surface area contributed by atoms with E-state index in [2.05, 4.69) is 11.5 Å². The molecule has 0 radical (unpaired) electrons. The highest BCUT2D eigenvalue weighted by Crippen LogP contribution is 2.00. The van der Waals surface area contributed by atoms with Crippen LogP contribution in [-0.2, 0) is 4.79 Å². The number of amides is 1. The Kier molecular flexibility index (Phi) is 5.85. The predicted molar refractivity (Wildman–Crippen MR) is 49.3 cm³/mol. The van der Waals surface area contributed by atoms with Gasteiger partial charge in [0.05, 0.1) is 6.07 Å². The molecule has 0 saturated heterocycles. The summed E-state index contributed by atoms with van der Waals surface area (Å²) in [6.07, 6.45) is 0.837. The van der Waals surface area contributed by atoms with Crippen LogP contribution in [0.15, 0.2) is 0 Å². The van der Waals surface area contributed by atoms with Crippen molar-refractivity contribution in [2.24, 2.45) is 5.84 Å². The predicted octanol–water partition coefficient (Wildman–Crippen LogP) is -0.400. The highest BCUT2D eigenvalue weighted by atomic mass is 16.2. The molecule has 1 atom stereocenters. The first-order valence-electron chi connectivity index (χ1n) is 4.18. The Morgan fingerprint density at radius 1 is 1.77 bits per heavy atom. The molecule has 1 unspecified atom stereocenters. The molecule has 0 aromatic heterocycles. The van der Waals surface area contributed by atoms with E-state index in [9.17, 15) is 4.79 Å². The highest BCUT2D eigenvalue weighted by molar-refractivity contribution is 5.75. The summed E-state index contributed by atoms with van der Waals surface area (Å²) in [6.45, 7) is 2.60. The van der Waals surface area contributed by atoms with Gasteiger partial charge in [-0.15, -0.1) is 0 Å². The molecule has 0 saturated carbocycles. The van der Waals surface area contributed by atoms with E-state index in [1.54, 1.807) is 0 Å². The zero-order valence-electron chi connectivity index (χ0n) is 8.08. The number of nitrogens with one attached hydrogen (secondary N) is 1. The second-order valence-corrected chi connectivity index (χ2v) is 3.01. The van der Waals surface area contributed by atoms with Gasteiger partial charge >= 0.3 is 0 Å². The largest absolute Gasteiger partial charge is 0.302 e. The zero-order chi connectivity index (χ0) is 10.3. The third-order valence-electron chi connectivity index (χ3n) is 1.97. The third-order valence-corrected chi connectivity index (χ3v) is 1.97. The van der Waals surface area contributed by atoms with E-state index in [1.807, 2.05) is 18.9 Å². The van der Waals surface area contributed by atoms with E-state index in [0.717, 1.165) is 0 Å². The van der Waals surface area contributed by atoms with Gasteiger partial charge in [0.15, 0.2) is 0 Å². The van der Waals surface area contributed by atoms with Gasteiger partial charge in [-0.25, -0.2) is 5.84 Å². The summed E-state index contributed by atoms with van der Waals surface area (Å²) >= 11 is 0. The second-order valence-electron chi connectivity index (χ2n) is 3.01. The molecular weight excluding hydrogens is 168 g/mol. The van der Waals surface area contributed by atoms with Crippen LogP contribution in [-0.4, -0.2) is 30.4 Å². The van der Waals surface area contributed by atoms with E-state index in [4.69, 9.17) is 11.1 Å². The Morgan fingerprint density at radius 3 is 2.85 bits per heavy atom. The fraction of sp³-hybridized carbons (Fsp3) is 0.750. The van der Waals surface area contributed by atoms with Crippen molar-refractivity contribution in [3.8, 4) is 6.07 Å². The SMILES string of the molecule is CC(CC(=O)NN)N(C)CCC#N. The van der Waals surface area contributed by atoms with E-state index in [-0.39, 0.29) is 11.9 Å². The van der Waals surface area contributed by atoms with Crippen LogP contribution in [0, 0.1) is 11.3 Å². The maximum Gasteiger partial charge on any atom is 0.235 e. The van der Waals surface area contributed by atoms with Gasteiger partial charge in [0.2, 0.25) is 5.91 Å². The molecule has 0 spiro atoms. The molecule has 0 bridgehead atoms. The summed E-state index contributed by atoms with van der Waals surface area (Å²) in [7, 11) is 1.88. The smallest absolute Gasteiger partial charge is 0.235 e. The van der Waals surface area contributed by atoms with Crippen LogP contribution in [0.1, 0.15) is 19.8 Å². The molecule has 0 aromatic rings. The van der Waals surface area contributed by atoms with Crippen LogP contribution < -0.4 is 11.3 Å². The molecule has 74 valence electrons. The Hall–Kier alpha value is -1.12. The van der Waals surface area contributed by atoms with Gasteiger partial charge in [0.25, 0.3) is 0 Å². The van der Waals surface area contributed by atoms with Gasteiger partial charge in [0, 0.05) is 25.4 Å². The van der Waals surface area contributed by atoms with E-state index in [1.165, 1.54) is 0 Å². The number of nitrogens with zero attached hydrogens (tertiary/aromatic N) is 2. The fourth-order valence-electron chi connectivity index (χ4n) is 0.930. The Labute approximate surface area is 78.5 Å². The second kappa shape index (κ2) is 6.40. The average molecular weight is 184 g/mol. The number of nitrogens with two attached hydrogens (primary N) is 1. The summed E-state index contributed by atoms with van der Waals surface area (Å²) in [4.78, 5) is 12.8. The van der Waals surface area contributed by atoms with Crippen LogP contribution in [0.4, 0.5) is 0 Å². The van der Waals surface area contributed by atoms with Gasteiger partial charge < -0.3 is 4.90 Å². The number of hydrogen-bond donors (Lipinski definition) is 2. The summed E-state index contributed by atoms with van der Waals surface area (Å²) in [5, 5.41) is 8.35. The van der Waals surface area contributed by atoms with Crippen molar-refractivity contribution in [1.29, 1.82) is 5.26 Å². The van der Waals surface area contributed by atoms with E-state index >= 15 is 0 Å². The highest BCUT2D eigenvalue weighted by Gasteiger charge is 2.12. The van der Waals surface area contributed by atoms with Crippen molar-refractivity contribution in [2.75, 3.05) is 13.6 Å². The fourth-order valence-corrected chi connectivity index (χ4v) is 0.930. The molecular formula is C8H16N4O. The molecule has 13 heavy (non-hydrogen) atoms.